The lowest BCUT2D eigenvalue weighted by molar-refractivity contribution is -0.131. The fraction of sp³-hybridized carbons (Fsp3) is 0.562. The standard InChI is InChI=1S/C16H22FN3O/c1-16(18)5-4-14(7-16)19-8-15(21)20-9-11-2-3-13(17)6-12(11)10-20/h2-3,6,14,19H,4-5,7-10,18H2,1H3. The molecule has 0 aromatic heterocycles. The fourth-order valence-corrected chi connectivity index (χ4v) is 3.33. The van der Waals surface area contributed by atoms with Crippen molar-refractivity contribution in [2.24, 2.45) is 5.73 Å². The Balaban J connectivity index is 1.52. The zero-order chi connectivity index (χ0) is 15.0. The van der Waals surface area contributed by atoms with Gasteiger partial charge in [0.15, 0.2) is 0 Å². The van der Waals surface area contributed by atoms with Crippen LogP contribution in [0, 0.1) is 5.82 Å². The first-order valence-electron chi connectivity index (χ1n) is 7.50. The molecule has 1 aliphatic heterocycles. The number of nitrogens with one attached hydrogen (secondary N) is 1. The summed E-state index contributed by atoms with van der Waals surface area (Å²) in [6.07, 6.45) is 2.92. The summed E-state index contributed by atoms with van der Waals surface area (Å²) >= 11 is 0. The van der Waals surface area contributed by atoms with Crippen LogP contribution in [0.1, 0.15) is 37.3 Å². The van der Waals surface area contributed by atoms with Gasteiger partial charge in [-0.2, -0.15) is 0 Å². The Morgan fingerprint density at radius 1 is 1.48 bits per heavy atom. The van der Waals surface area contributed by atoms with Crippen LogP contribution in [-0.4, -0.2) is 28.9 Å². The summed E-state index contributed by atoms with van der Waals surface area (Å²) in [6.45, 7) is 3.47. The van der Waals surface area contributed by atoms with Crippen LogP contribution in [0.25, 0.3) is 0 Å². The lowest BCUT2D eigenvalue weighted by Gasteiger charge is -2.20. The van der Waals surface area contributed by atoms with Gasteiger partial charge < -0.3 is 16.0 Å². The van der Waals surface area contributed by atoms with E-state index in [0.717, 1.165) is 30.4 Å². The number of hydrogen-bond donors (Lipinski definition) is 2. The number of rotatable bonds is 3. The first-order chi connectivity index (χ1) is 9.93. The van der Waals surface area contributed by atoms with Crippen molar-refractivity contribution >= 4 is 5.91 Å². The van der Waals surface area contributed by atoms with E-state index < -0.39 is 0 Å². The van der Waals surface area contributed by atoms with E-state index in [4.69, 9.17) is 5.73 Å². The molecule has 2 aliphatic rings. The molecule has 3 rings (SSSR count). The Morgan fingerprint density at radius 3 is 2.95 bits per heavy atom. The number of carbonyl (C=O) groups is 1. The van der Waals surface area contributed by atoms with Gasteiger partial charge >= 0.3 is 0 Å². The topological polar surface area (TPSA) is 58.4 Å². The first-order valence-corrected chi connectivity index (χ1v) is 7.50. The quantitative estimate of drug-likeness (QED) is 0.888. The van der Waals surface area contributed by atoms with Gasteiger partial charge in [-0.3, -0.25) is 4.79 Å². The highest BCUT2D eigenvalue weighted by Gasteiger charge is 2.32. The zero-order valence-corrected chi connectivity index (χ0v) is 12.4. The molecule has 1 aromatic carbocycles. The molecule has 1 aromatic rings. The number of amides is 1. The van der Waals surface area contributed by atoms with E-state index in [1.165, 1.54) is 12.1 Å². The predicted molar refractivity (Wildman–Crippen MR) is 78.9 cm³/mol. The van der Waals surface area contributed by atoms with Crippen molar-refractivity contribution in [3.63, 3.8) is 0 Å². The SMILES string of the molecule is CC1(N)CCC(NCC(=O)N2Cc3ccc(F)cc3C2)C1. The van der Waals surface area contributed by atoms with Crippen LogP contribution in [-0.2, 0) is 17.9 Å². The molecule has 1 amide bonds. The van der Waals surface area contributed by atoms with Crippen LogP contribution in [0.4, 0.5) is 4.39 Å². The zero-order valence-electron chi connectivity index (χ0n) is 12.4. The van der Waals surface area contributed by atoms with Gasteiger partial charge in [0.05, 0.1) is 6.54 Å². The molecule has 2 atom stereocenters. The molecule has 3 N–H and O–H groups in total. The van der Waals surface area contributed by atoms with Crippen molar-refractivity contribution in [2.45, 2.75) is 50.9 Å². The molecule has 0 bridgehead atoms. The largest absolute Gasteiger partial charge is 0.333 e. The molecule has 0 saturated heterocycles. The molecule has 1 heterocycles. The van der Waals surface area contributed by atoms with E-state index in [-0.39, 0.29) is 17.3 Å². The van der Waals surface area contributed by atoms with Crippen molar-refractivity contribution in [3.8, 4) is 0 Å². The number of halogens is 1. The molecular weight excluding hydrogens is 269 g/mol. The average molecular weight is 291 g/mol. The van der Waals surface area contributed by atoms with Crippen LogP contribution >= 0.6 is 0 Å². The number of nitrogens with zero attached hydrogens (tertiary/aromatic N) is 1. The minimum atomic E-state index is -0.241. The Morgan fingerprint density at radius 2 is 2.24 bits per heavy atom. The Bertz CT molecular complexity index is 558. The van der Waals surface area contributed by atoms with Crippen LogP contribution in [0.15, 0.2) is 18.2 Å². The van der Waals surface area contributed by atoms with E-state index in [1.807, 2.05) is 0 Å². The summed E-state index contributed by atoms with van der Waals surface area (Å²) in [7, 11) is 0. The molecule has 1 fully saturated rings. The van der Waals surface area contributed by atoms with Crippen LogP contribution in [0.5, 0.6) is 0 Å². The van der Waals surface area contributed by atoms with E-state index >= 15 is 0 Å². The number of fused-ring (bicyclic) bond motifs is 1. The second kappa shape index (κ2) is 5.39. The molecule has 2 unspecified atom stereocenters. The molecule has 114 valence electrons. The molecule has 1 aliphatic carbocycles. The van der Waals surface area contributed by atoms with Crippen molar-refractivity contribution in [1.29, 1.82) is 0 Å². The van der Waals surface area contributed by atoms with Gasteiger partial charge in [-0.25, -0.2) is 4.39 Å². The monoisotopic (exact) mass is 291 g/mol. The molecule has 5 heteroatoms. The second-order valence-corrected chi connectivity index (χ2v) is 6.64. The Hall–Kier alpha value is -1.46. The summed E-state index contributed by atoms with van der Waals surface area (Å²) in [4.78, 5) is 14.0. The number of nitrogens with two attached hydrogens (primary N) is 1. The summed E-state index contributed by atoms with van der Waals surface area (Å²) in [5.74, 6) is -0.174. The van der Waals surface area contributed by atoms with E-state index in [0.29, 0.717) is 25.7 Å². The predicted octanol–water partition coefficient (Wildman–Crippen LogP) is 1.53. The van der Waals surface area contributed by atoms with Gasteiger partial charge in [-0.1, -0.05) is 6.07 Å². The highest BCUT2D eigenvalue weighted by molar-refractivity contribution is 5.79. The number of benzene rings is 1. The third-order valence-corrected chi connectivity index (χ3v) is 4.56. The Labute approximate surface area is 124 Å². The lowest BCUT2D eigenvalue weighted by atomic mass is 10.0. The smallest absolute Gasteiger partial charge is 0.237 e. The second-order valence-electron chi connectivity index (χ2n) is 6.64. The van der Waals surface area contributed by atoms with Crippen molar-refractivity contribution in [1.82, 2.24) is 10.2 Å². The molecule has 0 spiro atoms. The lowest BCUT2D eigenvalue weighted by Crippen LogP contribution is -2.41. The van der Waals surface area contributed by atoms with Crippen LogP contribution < -0.4 is 11.1 Å². The van der Waals surface area contributed by atoms with Crippen LogP contribution in [0.2, 0.25) is 0 Å². The maximum Gasteiger partial charge on any atom is 0.237 e. The molecule has 4 nitrogen and oxygen atoms in total. The summed E-state index contributed by atoms with van der Waals surface area (Å²) < 4.78 is 13.2. The molecular formula is C16H22FN3O. The van der Waals surface area contributed by atoms with E-state index in [9.17, 15) is 9.18 Å². The maximum absolute atomic E-state index is 13.2. The fourth-order valence-electron chi connectivity index (χ4n) is 3.33. The first kappa shape index (κ1) is 14.5. The number of carbonyl (C=O) groups excluding carboxylic acids is 1. The molecule has 0 radical (unpaired) electrons. The third-order valence-electron chi connectivity index (χ3n) is 4.56. The van der Waals surface area contributed by atoms with Crippen LogP contribution in [0.3, 0.4) is 0 Å². The Kier molecular flexibility index (Phi) is 3.71. The highest BCUT2D eigenvalue weighted by Crippen LogP contribution is 2.27. The van der Waals surface area contributed by atoms with Gasteiger partial charge in [0.2, 0.25) is 5.91 Å². The summed E-state index contributed by atoms with van der Waals surface area (Å²) in [5, 5.41) is 3.31. The van der Waals surface area contributed by atoms with Gasteiger partial charge in [0.25, 0.3) is 0 Å². The van der Waals surface area contributed by atoms with Gasteiger partial charge in [0, 0.05) is 24.7 Å². The van der Waals surface area contributed by atoms with Crippen molar-refractivity contribution in [3.05, 3.63) is 35.1 Å². The minimum absolute atomic E-state index is 0.0669. The van der Waals surface area contributed by atoms with Crippen molar-refractivity contribution in [2.75, 3.05) is 6.54 Å². The number of hydrogen-bond acceptors (Lipinski definition) is 3. The maximum atomic E-state index is 13.2. The summed E-state index contributed by atoms with van der Waals surface area (Å²) in [6, 6.07) is 5.06. The molecule has 21 heavy (non-hydrogen) atoms. The third kappa shape index (κ3) is 3.24. The van der Waals surface area contributed by atoms with E-state index in [1.54, 1.807) is 11.0 Å². The van der Waals surface area contributed by atoms with Gasteiger partial charge in [0.1, 0.15) is 5.82 Å². The minimum Gasteiger partial charge on any atom is -0.333 e. The normalized spacial score (nSPS) is 28.0. The van der Waals surface area contributed by atoms with Crippen molar-refractivity contribution < 1.29 is 9.18 Å². The van der Waals surface area contributed by atoms with Gasteiger partial charge in [-0.15, -0.1) is 0 Å². The highest BCUT2D eigenvalue weighted by atomic mass is 19.1. The van der Waals surface area contributed by atoms with E-state index in [2.05, 4.69) is 12.2 Å². The van der Waals surface area contributed by atoms with Gasteiger partial charge in [-0.05, 0) is 49.4 Å². The summed E-state index contributed by atoms with van der Waals surface area (Å²) in [5.41, 5.74) is 7.95. The molecule has 1 saturated carbocycles. The average Bonchev–Trinajstić information content (AvgIpc) is 2.98.